The first kappa shape index (κ1) is 15.4. The summed E-state index contributed by atoms with van der Waals surface area (Å²) in [5.74, 6) is -1.77. The van der Waals surface area contributed by atoms with Crippen molar-refractivity contribution in [3.63, 3.8) is 0 Å². The summed E-state index contributed by atoms with van der Waals surface area (Å²) in [5.41, 5.74) is 0. The molecular formula is C10H10N2O6. The highest BCUT2D eigenvalue weighted by Crippen LogP contribution is 1.96. The number of carbonyl (C=O) groups excluding carboxylic acids is 4. The maximum absolute atomic E-state index is 11.1. The molecule has 0 amide bonds. The molecule has 2 unspecified atom stereocenters. The second kappa shape index (κ2) is 8.58. The molecule has 0 saturated carbocycles. The molecule has 0 aromatic heterocycles. The molecule has 0 aliphatic carbocycles. The van der Waals surface area contributed by atoms with Gasteiger partial charge in [0.05, 0.1) is 0 Å². The first-order chi connectivity index (χ1) is 8.49. The first-order valence-corrected chi connectivity index (χ1v) is 4.73. The Balaban J connectivity index is 4.21. The van der Waals surface area contributed by atoms with Crippen LogP contribution in [0, 0.1) is 0 Å². The largest absolute Gasteiger partial charge is 0.436 e. The van der Waals surface area contributed by atoms with Gasteiger partial charge in [0.25, 0.3) is 0 Å². The third-order valence-electron chi connectivity index (χ3n) is 1.40. The summed E-state index contributed by atoms with van der Waals surface area (Å²) in [6.07, 6.45) is 2.02. The maximum Gasteiger partial charge on any atom is 0.333 e. The molecule has 8 heteroatoms. The van der Waals surface area contributed by atoms with Crippen LogP contribution in [0.25, 0.3) is 0 Å². The predicted octanol–water partition coefficient (Wildman–Crippen LogP) is -0.00740. The third-order valence-corrected chi connectivity index (χ3v) is 1.40. The summed E-state index contributed by atoms with van der Waals surface area (Å²) in [6, 6.07) is 0. The first-order valence-electron chi connectivity index (χ1n) is 4.73. The Morgan fingerprint density at radius 2 is 1.28 bits per heavy atom. The van der Waals surface area contributed by atoms with Crippen molar-refractivity contribution in [2.24, 2.45) is 9.98 Å². The molecule has 0 radical (unpaired) electrons. The quantitative estimate of drug-likeness (QED) is 0.285. The van der Waals surface area contributed by atoms with Crippen molar-refractivity contribution < 1.29 is 28.7 Å². The van der Waals surface area contributed by atoms with Crippen molar-refractivity contribution in [2.45, 2.75) is 26.3 Å². The van der Waals surface area contributed by atoms with Crippen molar-refractivity contribution in [3.8, 4) is 0 Å². The minimum Gasteiger partial charge on any atom is -0.436 e. The smallest absolute Gasteiger partial charge is 0.333 e. The van der Waals surface area contributed by atoms with Crippen LogP contribution < -0.4 is 0 Å². The van der Waals surface area contributed by atoms with Crippen molar-refractivity contribution in [3.05, 3.63) is 12.2 Å². The number of hydrogen-bond donors (Lipinski definition) is 0. The molecule has 0 aromatic rings. The number of rotatable bonds is 6. The summed E-state index contributed by atoms with van der Waals surface area (Å²) in [5, 5.41) is 0. The normalized spacial score (nSPS) is 12.8. The van der Waals surface area contributed by atoms with Gasteiger partial charge in [-0.1, -0.05) is 0 Å². The summed E-state index contributed by atoms with van der Waals surface area (Å²) >= 11 is 0. The van der Waals surface area contributed by atoms with E-state index in [4.69, 9.17) is 0 Å². The molecule has 0 aliphatic rings. The van der Waals surface area contributed by atoms with E-state index in [2.05, 4.69) is 19.5 Å². The van der Waals surface area contributed by atoms with Gasteiger partial charge in [0.2, 0.25) is 24.6 Å². The highest BCUT2D eigenvalue weighted by atomic mass is 16.6. The van der Waals surface area contributed by atoms with Crippen LogP contribution in [0.1, 0.15) is 13.8 Å². The minimum atomic E-state index is -0.991. The van der Waals surface area contributed by atoms with E-state index in [0.29, 0.717) is 0 Å². The van der Waals surface area contributed by atoms with Gasteiger partial charge in [-0.25, -0.2) is 19.2 Å². The Morgan fingerprint density at radius 1 is 0.944 bits per heavy atom. The molecule has 0 saturated heterocycles. The molecule has 0 rings (SSSR count). The molecule has 0 aromatic carbocycles. The fourth-order valence-corrected chi connectivity index (χ4v) is 0.752. The number of nitrogens with zero attached hydrogens (tertiary/aromatic N) is 2. The molecular weight excluding hydrogens is 244 g/mol. The van der Waals surface area contributed by atoms with Crippen LogP contribution in [-0.4, -0.2) is 36.6 Å². The Kier molecular flexibility index (Phi) is 7.36. The van der Waals surface area contributed by atoms with E-state index in [1.807, 2.05) is 0 Å². The molecule has 0 fully saturated rings. The van der Waals surface area contributed by atoms with Crippen LogP contribution >= 0.6 is 0 Å². The zero-order chi connectivity index (χ0) is 14.0. The van der Waals surface area contributed by atoms with E-state index >= 15 is 0 Å². The molecule has 96 valence electrons. The predicted molar refractivity (Wildman–Crippen MR) is 56.5 cm³/mol. The second-order valence-electron chi connectivity index (χ2n) is 2.85. The Hall–Kier alpha value is -2.56. The van der Waals surface area contributed by atoms with Crippen molar-refractivity contribution >= 4 is 24.1 Å². The van der Waals surface area contributed by atoms with Gasteiger partial charge in [0.15, 0.2) is 0 Å². The van der Waals surface area contributed by atoms with Gasteiger partial charge in [-0.3, -0.25) is 0 Å². The van der Waals surface area contributed by atoms with Gasteiger partial charge in [-0.2, -0.15) is 9.98 Å². The number of isocyanates is 2. The van der Waals surface area contributed by atoms with Crippen molar-refractivity contribution in [1.29, 1.82) is 0 Å². The Labute approximate surface area is 102 Å². The molecule has 0 spiro atoms. The minimum absolute atomic E-state index is 0.788. The monoisotopic (exact) mass is 254 g/mol. The Morgan fingerprint density at radius 3 is 1.56 bits per heavy atom. The van der Waals surface area contributed by atoms with E-state index in [0.717, 1.165) is 12.2 Å². The second-order valence-corrected chi connectivity index (χ2v) is 2.85. The van der Waals surface area contributed by atoms with E-state index in [9.17, 15) is 19.2 Å². The van der Waals surface area contributed by atoms with Gasteiger partial charge in [-0.05, 0) is 13.8 Å². The number of ether oxygens (including phenoxy) is 2. The lowest BCUT2D eigenvalue weighted by Crippen LogP contribution is -2.13. The highest BCUT2D eigenvalue weighted by Gasteiger charge is 2.07. The fourth-order valence-electron chi connectivity index (χ4n) is 0.752. The highest BCUT2D eigenvalue weighted by molar-refractivity contribution is 5.91. The average Bonchev–Trinajstić information content (AvgIpc) is 2.27. The molecule has 2 atom stereocenters. The number of carbonyl (C=O) groups is 2. The fraction of sp³-hybridized carbons (Fsp3) is 0.400. The lowest BCUT2D eigenvalue weighted by atomic mass is 10.5. The zero-order valence-electron chi connectivity index (χ0n) is 9.65. The summed E-state index contributed by atoms with van der Waals surface area (Å²) < 4.78 is 9.09. The van der Waals surface area contributed by atoms with Crippen molar-refractivity contribution in [1.82, 2.24) is 0 Å². The Bertz CT molecular complexity index is 392. The van der Waals surface area contributed by atoms with E-state index in [1.54, 1.807) is 0 Å². The molecule has 8 nitrogen and oxygen atoms in total. The lowest BCUT2D eigenvalue weighted by Gasteiger charge is -2.04. The van der Waals surface area contributed by atoms with Crippen LogP contribution in [0.4, 0.5) is 0 Å². The summed E-state index contributed by atoms with van der Waals surface area (Å²) in [7, 11) is 0. The molecule has 0 aliphatic heterocycles. The van der Waals surface area contributed by atoms with E-state index in [1.165, 1.54) is 26.0 Å². The van der Waals surface area contributed by atoms with Crippen molar-refractivity contribution in [2.75, 3.05) is 0 Å². The summed E-state index contributed by atoms with van der Waals surface area (Å²) in [4.78, 5) is 48.0. The van der Waals surface area contributed by atoms with Crippen LogP contribution in [0.5, 0.6) is 0 Å². The van der Waals surface area contributed by atoms with Gasteiger partial charge in [0, 0.05) is 12.2 Å². The number of esters is 2. The van der Waals surface area contributed by atoms with Crippen LogP contribution in [0.3, 0.4) is 0 Å². The average molecular weight is 254 g/mol. The number of aliphatic imine (C=N–C) groups is 2. The number of hydrogen-bond acceptors (Lipinski definition) is 8. The van der Waals surface area contributed by atoms with Crippen LogP contribution in [-0.2, 0) is 28.7 Å². The third kappa shape index (κ3) is 7.70. The van der Waals surface area contributed by atoms with Gasteiger partial charge in [0.1, 0.15) is 0 Å². The van der Waals surface area contributed by atoms with Gasteiger partial charge >= 0.3 is 11.9 Å². The lowest BCUT2D eigenvalue weighted by molar-refractivity contribution is -0.144. The van der Waals surface area contributed by atoms with Gasteiger partial charge < -0.3 is 9.47 Å². The van der Waals surface area contributed by atoms with E-state index in [-0.39, 0.29) is 0 Å². The van der Waals surface area contributed by atoms with Crippen LogP contribution in [0.15, 0.2) is 22.1 Å². The maximum atomic E-state index is 11.1. The molecule has 0 N–H and O–H groups in total. The zero-order valence-corrected chi connectivity index (χ0v) is 9.65. The molecule has 18 heavy (non-hydrogen) atoms. The molecule has 0 bridgehead atoms. The van der Waals surface area contributed by atoms with Crippen LogP contribution in [0.2, 0.25) is 0 Å². The molecule has 0 heterocycles. The van der Waals surface area contributed by atoms with Gasteiger partial charge in [-0.15, -0.1) is 0 Å². The topological polar surface area (TPSA) is 111 Å². The summed E-state index contributed by atoms with van der Waals surface area (Å²) in [6.45, 7) is 2.69. The van der Waals surface area contributed by atoms with E-state index < -0.39 is 24.4 Å². The standard InChI is InChI=1S/C10H10N2O6/c1-7(11-5-13)17-9(15)3-4-10(16)18-8(2)12-6-14/h3-4,7-8H,1-2H3/b4-3+. The SMILES string of the molecule is CC(N=C=O)OC(=O)/C=C/C(=O)OC(C)N=C=O.